The van der Waals surface area contributed by atoms with E-state index in [4.69, 9.17) is 4.74 Å². The minimum atomic E-state index is -0.302. The molecule has 31 heavy (non-hydrogen) atoms. The highest BCUT2D eigenvalue weighted by atomic mass is 32.2. The first-order valence-corrected chi connectivity index (χ1v) is 11.1. The highest BCUT2D eigenvalue weighted by molar-refractivity contribution is 7.99. The van der Waals surface area contributed by atoms with Crippen molar-refractivity contribution in [2.75, 3.05) is 11.1 Å². The van der Waals surface area contributed by atoms with E-state index >= 15 is 0 Å². The van der Waals surface area contributed by atoms with Gasteiger partial charge in [0.2, 0.25) is 5.91 Å². The van der Waals surface area contributed by atoms with Crippen LogP contribution in [0.1, 0.15) is 35.5 Å². The molecular formula is C24H28N4O2S. The Kier molecular flexibility index (Phi) is 7.52. The van der Waals surface area contributed by atoms with Crippen LogP contribution < -0.4 is 10.1 Å². The highest BCUT2D eigenvalue weighted by Crippen LogP contribution is 2.28. The fraction of sp³-hybridized carbons (Fsp3) is 0.292. The number of anilines is 1. The van der Waals surface area contributed by atoms with E-state index in [9.17, 15) is 4.79 Å². The van der Waals surface area contributed by atoms with Gasteiger partial charge in [0, 0.05) is 12.2 Å². The molecule has 0 saturated carbocycles. The third-order valence-electron chi connectivity index (χ3n) is 4.91. The lowest BCUT2D eigenvalue weighted by Crippen LogP contribution is -2.15. The van der Waals surface area contributed by atoms with E-state index in [1.807, 2.05) is 61.7 Å². The smallest absolute Gasteiger partial charge is 0.234 e. The number of nitrogens with zero attached hydrogens (tertiary/aromatic N) is 3. The van der Waals surface area contributed by atoms with Crippen molar-refractivity contribution >= 4 is 23.4 Å². The zero-order chi connectivity index (χ0) is 22.4. The van der Waals surface area contributed by atoms with Crippen molar-refractivity contribution in [2.24, 2.45) is 0 Å². The molecule has 0 bridgehead atoms. The predicted octanol–water partition coefficient (Wildman–Crippen LogP) is 5.26. The SMILES string of the molecule is C=CCn1c(SCC(=O)Nc2cccc(C)c2)nnc1C(C)Oc1cccc(C)c1C. The van der Waals surface area contributed by atoms with Gasteiger partial charge in [-0.05, 0) is 62.6 Å². The van der Waals surface area contributed by atoms with Crippen LogP contribution in [0.3, 0.4) is 0 Å². The Morgan fingerprint density at radius 1 is 1.23 bits per heavy atom. The van der Waals surface area contributed by atoms with Gasteiger partial charge in [0.15, 0.2) is 17.1 Å². The Morgan fingerprint density at radius 2 is 2.00 bits per heavy atom. The molecule has 0 fully saturated rings. The number of carbonyl (C=O) groups excluding carboxylic acids is 1. The largest absolute Gasteiger partial charge is 0.482 e. The fourth-order valence-electron chi connectivity index (χ4n) is 3.15. The van der Waals surface area contributed by atoms with Gasteiger partial charge < -0.3 is 10.1 Å². The van der Waals surface area contributed by atoms with Gasteiger partial charge in [-0.1, -0.05) is 42.1 Å². The van der Waals surface area contributed by atoms with Crippen LogP contribution >= 0.6 is 11.8 Å². The van der Waals surface area contributed by atoms with Crippen LogP contribution in [0.4, 0.5) is 5.69 Å². The summed E-state index contributed by atoms with van der Waals surface area (Å²) in [7, 11) is 0. The number of carbonyl (C=O) groups is 1. The van der Waals surface area contributed by atoms with Crippen LogP contribution in [0.5, 0.6) is 5.75 Å². The van der Waals surface area contributed by atoms with Gasteiger partial charge in [0.05, 0.1) is 5.75 Å². The van der Waals surface area contributed by atoms with Gasteiger partial charge in [0.1, 0.15) is 5.75 Å². The molecule has 1 aromatic heterocycles. The molecule has 3 rings (SSSR count). The molecule has 3 aromatic rings. The normalized spacial score (nSPS) is 11.7. The molecule has 0 aliphatic carbocycles. The van der Waals surface area contributed by atoms with Gasteiger partial charge >= 0.3 is 0 Å². The van der Waals surface area contributed by atoms with Crippen molar-refractivity contribution in [2.45, 2.75) is 45.5 Å². The Bertz CT molecular complexity index is 1080. The Balaban J connectivity index is 1.70. The first kappa shape index (κ1) is 22.6. The van der Waals surface area contributed by atoms with Crippen molar-refractivity contribution in [1.82, 2.24) is 14.8 Å². The quantitative estimate of drug-likeness (QED) is 0.366. The summed E-state index contributed by atoms with van der Waals surface area (Å²) in [6.45, 7) is 12.4. The number of nitrogens with one attached hydrogen (secondary N) is 1. The molecule has 0 radical (unpaired) electrons. The minimum Gasteiger partial charge on any atom is -0.482 e. The van der Waals surface area contributed by atoms with Crippen LogP contribution in [0.2, 0.25) is 0 Å². The Morgan fingerprint density at radius 3 is 2.74 bits per heavy atom. The van der Waals surface area contributed by atoms with E-state index in [0.717, 1.165) is 22.6 Å². The zero-order valence-electron chi connectivity index (χ0n) is 18.4. The molecule has 7 heteroatoms. The molecule has 0 aliphatic heterocycles. The Hall–Kier alpha value is -3.06. The van der Waals surface area contributed by atoms with Crippen LogP contribution in [-0.2, 0) is 11.3 Å². The maximum absolute atomic E-state index is 12.4. The van der Waals surface area contributed by atoms with Gasteiger partial charge in [-0.2, -0.15) is 0 Å². The molecule has 1 heterocycles. The zero-order valence-corrected chi connectivity index (χ0v) is 19.2. The Labute approximate surface area is 187 Å². The van der Waals surface area contributed by atoms with Gasteiger partial charge in [0.25, 0.3) is 0 Å². The second-order valence-corrected chi connectivity index (χ2v) is 8.35. The molecule has 1 N–H and O–H groups in total. The standard InChI is InChI=1S/C24H28N4O2S/c1-6-13-28-23(19(5)30-21-12-8-10-17(3)18(21)4)26-27-24(28)31-15-22(29)25-20-11-7-9-16(2)14-20/h6-12,14,19H,1,13,15H2,2-5H3,(H,25,29). The average molecular weight is 437 g/mol. The van der Waals surface area contributed by atoms with Crippen LogP contribution in [0.15, 0.2) is 60.3 Å². The summed E-state index contributed by atoms with van der Waals surface area (Å²) in [5.41, 5.74) is 4.16. The molecule has 1 atom stereocenters. The molecule has 0 saturated heterocycles. The highest BCUT2D eigenvalue weighted by Gasteiger charge is 2.20. The van der Waals surface area contributed by atoms with Gasteiger partial charge in [-0.15, -0.1) is 16.8 Å². The maximum Gasteiger partial charge on any atom is 0.234 e. The molecule has 0 aliphatic rings. The van der Waals surface area contributed by atoms with Crippen molar-refractivity contribution in [3.8, 4) is 5.75 Å². The van der Waals surface area contributed by atoms with Crippen LogP contribution in [0.25, 0.3) is 0 Å². The second-order valence-electron chi connectivity index (χ2n) is 7.40. The van der Waals surface area contributed by atoms with E-state index in [-0.39, 0.29) is 17.8 Å². The molecule has 162 valence electrons. The average Bonchev–Trinajstić information content (AvgIpc) is 3.13. The lowest BCUT2D eigenvalue weighted by Gasteiger charge is -2.18. The van der Waals surface area contributed by atoms with Gasteiger partial charge in [-0.25, -0.2) is 0 Å². The van der Waals surface area contributed by atoms with E-state index in [1.54, 1.807) is 6.08 Å². The summed E-state index contributed by atoms with van der Waals surface area (Å²) >= 11 is 1.34. The minimum absolute atomic E-state index is 0.0926. The third-order valence-corrected chi connectivity index (χ3v) is 5.88. The number of aryl methyl sites for hydroxylation is 2. The third kappa shape index (κ3) is 5.76. The summed E-state index contributed by atoms with van der Waals surface area (Å²) in [4.78, 5) is 12.4. The molecule has 0 spiro atoms. The van der Waals surface area contributed by atoms with Crippen LogP contribution in [-0.4, -0.2) is 26.4 Å². The van der Waals surface area contributed by atoms with Crippen molar-refractivity contribution < 1.29 is 9.53 Å². The van der Waals surface area contributed by atoms with E-state index in [0.29, 0.717) is 17.5 Å². The molecule has 6 nitrogen and oxygen atoms in total. The molecule has 1 amide bonds. The molecule has 2 aromatic carbocycles. The first-order chi connectivity index (χ1) is 14.9. The summed E-state index contributed by atoms with van der Waals surface area (Å²) in [5.74, 6) is 1.66. The van der Waals surface area contributed by atoms with E-state index in [2.05, 4.69) is 35.1 Å². The summed E-state index contributed by atoms with van der Waals surface area (Å²) in [6, 6.07) is 13.7. The number of benzene rings is 2. The van der Waals surface area contributed by atoms with Gasteiger partial charge in [-0.3, -0.25) is 9.36 Å². The monoisotopic (exact) mass is 436 g/mol. The number of amides is 1. The summed E-state index contributed by atoms with van der Waals surface area (Å²) in [6.07, 6.45) is 1.48. The molecule has 1 unspecified atom stereocenters. The second kappa shape index (κ2) is 10.3. The van der Waals surface area contributed by atoms with Crippen LogP contribution in [0, 0.1) is 20.8 Å². The van der Waals surface area contributed by atoms with E-state index in [1.165, 1.54) is 17.3 Å². The maximum atomic E-state index is 12.4. The number of allylic oxidation sites excluding steroid dienone is 1. The lowest BCUT2D eigenvalue weighted by molar-refractivity contribution is -0.113. The van der Waals surface area contributed by atoms with Crippen molar-refractivity contribution in [3.05, 3.63) is 77.6 Å². The predicted molar refractivity (Wildman–Crippen MR) is 126 cm³/mol. The number of rotatable bonds is 9. The van der Waals surface area contributed by atoms with E-state index < -0.39 is 0 Å². The van der Waals surface area contributed by atoms with Crippen molar-refractivity contribution in [3.63, 3.8) is 0 Å². The van der Waals surface area contributed by atoms with Crippen molar-refractivity contribution in [1.29, 1.82) is 0 Å². The lowest BCUT2D eigenvalue weighted by atomic mass is 10.1. The number of thioether (sulfide) groups is 1. The first-order valence-electron chi connectivity index (χ1n) is 10.1. The number of hydrogen-bond acceptors (Lipinski definition) is 5. The molecular weight excluding hydrogens is 408 g/mol. The summed E-state index contributed by atoms with van der Waals surface area (Å²) < 4.78 is 8.12. The summed E-state index contributed by atoms with van der Waals surface area (Å²) in [5, 5.41) is 12.2. The number of aromatic nitrogens is 3. The number of ether oxygens (including phenoxy) is 1. The topological polar surface area (TPSA) is 69.0 Å². The number of hydrogen-bond donors (Lipinski definition) is 1. The fourth-order valence-corrected chi connectivity index (χ4v) is 3.91.